The Kier molecular flexibility index (Phi) is 3.73. The quantitative estimate of drug-likeness (QED) is 0.535. The molecule has 0 aliphatic rings. The Morgan fingerprint density at radius 2 is 1.48 bits per heavy atom. The van der Waals surface area contributed by atoms with Crippen molar-refractivity contribution in [3.05, 3.63) is 72.0 Å². The van der Waals surface area contributed by atoms with Crippen molar-refractivity contribution in [1.29, 1.82) is 0 Å². The lowest BCUT2D eigenvalue weighted by atomic mass is 10.1. The number of fused-ring (bicyclic) bond motifs is 1. The van der Waals surface area contributed by atoms with E-state index in [0.717, 1.165) is 5.39 Å². The number of benzene rings is 3. The van der Waals surface area contributed by atoms with Gasteiger partial charge in [-0.25, -0.2) is 13.2 Å². The molecule has 0 unspecified atom stereocenters. The van der Waals surface area contributed by atoms with E-state index in [1.54, 1.807) is 18.2 Å². The second-order valence-electron chi connectivity index (χ2n) is 4.72. The molecule has 0 aliphatic heterocycles. The fourth-order valence-corrected chi connectivity index (χ4v) is 3.08. The molecular weight excluding hydrogens is 329 g/mol. The van der Waals surface area contributed by atoms with Gasteiger partial charge in [0.25, 0.3) is 0 Å². The molecule has 3 aromatic carbocycles. The molecule has 0 aromatic heterocycles. The molecule has 0 saturated carbocycles. The van der Waals surface area contributed by atoms with Gasteiger partial charge in [-0.05, 0) is 35.0 Å². The van der Waals surface area contributed by atoms with Crippen LogP contribution in [0.3, 0.4) is 0 Å². The van der Waals surface area contributed by atoms with Crippen LogP contribution in [-0.4, -0.2) is 8.42 Å². The Morgan fingerprint density at radius 3 is 2.22 bits per heavy atom. The third-order valence-electron chi connectivity index (χ3n) is 3.20. The first-order valence-electron chi connectivity index (χ1n) is 6.45. The van der Waals surface area contributed by atoms with E-state index in [2.05, 4.69) is 0 Å². The molecule has 3 rings (SSSR count). The molecular formula is C16H9F3O3S. The topological polar surface area (TPSA) is 43.4 Å². The standard InChI is InChI=1S/C16H9F3O3S/c17-13-7-8-14(16(19)15(13)18)23(20,21)22-12-6-5-10-3-1-2-4-11(10)9-12/h1-9H. The average molecular weight is 338 g/mol. The summed E-state index contributed by atoms with van der Waals surface area (Å²) >= 11 is 0. The first kappa shape index (κ1) is 15.4. The van der Waals surface area contributed by atoms with Gasteiger partial charge in [0.15, 0.2) is 17.5 Å². The number of hydrogen-bond acceptors (Lipinski definition) is 3. The van der Waals surface area contributed by atoms with Gasteiger partial charge in [-0.2, -0.15) is 8.42 Å². The normalized spacial score (nSPS) is 11.6. The van der Waals surface area contributed by atoms with Crippen LogP contribution in [-0.2, 0) is 10.1 Å². The number of hydrogen-bond donors (Lipinski definition) is 0. The molecule has 0 aliphatic carbocycles. The van der Waals surface area contributed by atoms with Crippen LogP contribution < -0.4 is 4.18 Å². The summed E-state index contributed by atoms with van der Waals surface area (Å²) in [4.78, 5) is -1.07. The second kappa shape index (κ2) is 5.58. The first-order chi connectivity index (χ1) is 10.9. The van der Waals surface area contributed by atoms with Crippen molar-refractivity contribution < 1.29 is 25.8 Å². The lowest BCUT2D eigenvalue weighted by Gasteiger charge is -2.09. The van der Waals surface area contributed by atoms with Gasteiger partial charge in [0.1, 0.15) is 10.6 Å². The van der Waals surface area contributed by atoms with Crippen LogP contribution in [0, 0.1) is 17.5 Å². The fourth-order valence-electron chi connectivity index (χ4n) is 2.09. The maximum Gasteiger partial charge on any atom is 0.342 e. The molecule has 0 radical (unpaired) electrons. The van der Waals surface area contributed by atoms with Crippen molar-refractivity contribution in [2.75, 3.05) is 0 Å². The van der Waals surface area contributed by atoms with Gasteiger partial charge in [0.2, 0.25) is 0 Å². The smallest absolute Gasteiger partial charge is 0.342 e. The molecule has 3 nitrogen and oxygen atoms in total. The molecule has 3 aromatic rings. The van der Waals surface area contributed by atoms with E-state index in [1.165, 1.54) is 12.1 Å². The summed E-state index contributed by atoms with van der Waals surface area (Å²) in [6, 6.07) is 12.7. The van der Waals surface area contributed by atoms with Gasteiger partial charge in [-0.1, -0.05) is 30.3 Å². The molecule has 0 heterocycles. The van der Waals surface area contributed by atoms with Gasteiger partial charge in [0.05, 0.1) is 0 Å². The van der Waals surface area contributed by atoms with E-state index < -0.39 is 32.5 Å². The molecule has 0 saturated heterocycles. The maximum atomic E-state index is 13.6. The molecule has 0 amide bonds. The largest absolute Gasteiger partial charge is 0.379 e. The highest BCUT2D eigenvalue weighted by Gasteiger charge is 2.26. The summed E-state index contributed by atoms with van der Waals surface area (Å²) in [6.45, 7) is 0. The van der Waals surface area contributed by atoms with Gasteiger partial charge in [-0.15, -0.1) is 0 Å². The van der Waals surface area contributed by atoms with E-state index in [4.69, 9.17) is 4.18 Å². The van der Waals surface area contributed by atoms with Crippen molar-refractivity contribution in [2.45, 2.75) is 4.90 Å². The zero-order valence-corrected chi connectivity index (χ0v) is 12.3. The van der Waals surface area contributed by atoms with Crippen molar-refractivity contribution in [2.24, 2.45) is 0 Å². The second-order valence-corrected chi connectivity index (χ2v) is 6.23. The third kappa shape index (κ3) is 2.87. The van der Waals surface area contributed by atoms with Crippen LogP contribution in [0.5, 0.6) is 5.75 Å². The predicted octanol–water partition coefficient (Wildman–Crippen LogP) is 4.02. The highest BCUT2D eigenvalue weighted by molar-refractivity contribution is 7.87. The van der Waals surface area contributed by atoms with Crippen molar-refractivity contribution in [1.82, 2.24) is 0 Å². The van der Waals surface area contributed by atoms with E-state index in [9.17, 15) is 21.6 Å². The van der Waals surface area contributed by atoms with Crippen LogP contribution in [0.2, 0.25) is 0 Å². The zero-order valence-electron chi connectivity index (χ0n) is 11.5. The molecule has 0 N–H and O–H groups in total. The lowest BCUT2D eigenvalue weighted by Crippen LogP contribution is -2.13. The fraction of sp³-hybridized carbons (Fsp3) is 0. The van der Waals surface area contributed by atoms with E-state index in [0.29, 0.717) is 17.5 Å². The Hall–Kier alpha value is -2.54. The van der Waals surface area contributed by atoms with Crippen molar-refractivity contribution in [3.8, 4) is 5.75 Å². The molecule has 7 heteroatoms. The van der Waals surface area contributed by atoms with Gasteiger partial charge in [-0.3, -0.25) is 0 Å². The van der Waals surface area contributed by atoms with E-state index in [1.807, 2.05) is 12.1 Å². The Labute approximate surface area is 130 Å². The number of halogens is 3. The summed E-state index contributed by atoms with van der Waals surface area (Å²) in [5.41, 5.74) is 0. The summed E-state index contributed by atoms with van der Waals surface area (Å²) < 4.78 is 68.7. The Bertz CT molecular complexity index is 1000. The van der Waals surface area contributed by atoms with Crippen LogP contribution in [0.25, 0.3) is 10.8 Å². The maximum absolute atomic E-state index is 13.6. The van der Waals surface area contributed by atoms with E-state index in [-0.39, 0.29) is 5.75 Å². The zero-order chi connectivity index (χ0) is 16.6. The molecule has 118 valence electrons. The minimum Gasteiger partial charge on any atom is -0.379 e. The predicted molar refractivity (Wildman–Crippen MR) is 78.1 cm³/mol. The van der Waals surface area contributed by atoms with Gasteiger partial charge >= 0.3 is 10.1 Å². The third-order valence-corrected chi connectivity index (χ3v) is 4.46. The Balaban J connectivity index is 2.01. The van der Waals surface area contributed by atoms with Crippen LogP contribution in [0.15, 0.2) is 59.5 Å². The highest BCUT2D eigenvalue weighted by Crippen LogP contribution is 2.26. The summed E-state index contributed by atoms with van der Waals surface area (Å²) in [5.74, 6) is -5.22. The van der Waals surface area contributed by atoms with Crippen LogP contribution in [0.1, 0.15) is 0 Å². The van der Waals surface area contributed by atoms with Gasteiger partial charge in [0, 0.05) is 0 Å². The molecule has 0 atom stereocenters. The van der Waals surface area contributed by atoms with Crippen molar-refractivity contribution >= 4 is 20.9 Å². The minimum atomic E-state index is -4.63. The van der Waals surface area contributed by atoms with E-state index >= 15 is 0 Å². The first-order valence-corrected chi connectivity index (χ1v) is 7.86. The average Bonchev–Trinajstić information content (AvgIpc) is 2.52. The van der Waals surface area contributed by atoms with Gasteiger partial charge < -0.3 is 4.18 Å². The monoisotopic (exact) mass is 338 g/mol. The molecule has 0 spiro atoms. The molecule has 0 bridgehead atoms. The Morgan fingerprint density at radius 1 is 0.783 bits per heavy atom. The minimum absolute atomic E-state index is 0.0622. The highest BCUT2D eigenvalue weighted by atomic mass is 32.2. The summed E-state index contributed by atoms with van der Waals surface area (Å²) in [7, 11) is -4.63. The summed E-state index contributed by atoms with van der Waals surface area (Å²) in [6.07, 6.45) is 0. The summed E-state index contributed by atoms with van der Waals surface area (Å²) in [5, 5.41) is 1.57. The molecule has 23 heavy (non-hydrogen) atoms. The van der Waals surface area contributed by atoms with Crippen LogP contribution >= 0.6 is 0 Å². The van der Waals surface area contributed by atoms with Crippen LogP contribution in [0.4, 0.5) is 13.2 Å². The molecule has 0 fully saturated rings. The SMILES string of the molecule is O=S(=O)(Oc1ccc2ccccc2c1)c1ccc(F)c(F)c1F. The van der Waals surface area contributed by atoms with Crippen molar-refractivity contribution in [3.63, 3.8) is 0 Å². The number of rotatable bonds is 3. The lowest BCUT2D eigenvalue weighted by molar-refractivity contribution is 0.423.